The summed E-state index contributed by atoms with van der Waals surface area (Å²) >= 11 is 0. The number of para-hydroxylation sites is 5. The molecule has 1 aliphatic carbocycles. The Balaban J connectivity index is 0.000000184. The molecule has 301 valence electrons. The van der Waals surface area contributed by atoms with Gasteiger partial charge in [0.15, 0.2) is 5.78 Å². The van der Waals surface area contributed by atoms with Crippen LogP contribution in [0.3, 0.4) is 0 Å². The Labute approximate surface area is 369 Å². The fraction of sp³-hybridized carbons (Fsp3) is 0.0909. The van der Waals surface area contributed by atoms with E-state index in [0.717, 1.165) is 24.1 Å². The number of allylic oxidation sites excluding steroid dienone is 4. The first-order valence-corrected chi connectivity index (χ1v) is 20.4. The fourth-order valence-electron chi connectivity index (χ4n) is 8.35. The van der Waals surface area contributed by atoms with Gasteiger partial charge in [0.05, 0.1) is 27.8 Å². The van der Waals surface area contributed by atoms with Crippen LogP contribution in [0.2, 0.25) is 0 Å². The zero-order chi connectivity index (χ0) is 41.0. The second-order valence-corrected chi connectivity index (χ2v) is 15.1. The van der Waals surface area contributed by atoms with E-state index in [1.54, 1.807) is 0 Å². The molecule has 0 saturated heterocycles. The van der Waals surface area contributed by atoms with Gasteiger partial charge in [-0.3, -0.25) is 10.9 Å². The minimum absolute atomic E-state index is 0. The van der Waals surface area contributed by atoms with Gasteiger partial charge in [0.25, 0.3) is 0 Å². The van der Waals surface area contributed by atoms with E-state index in [9.17, 15) is 4.79 Å². The van der Waals surface area contributed by atoms with Crippen LogP contribution in [0.5, 0.6) is 0 Å². The van der Waals surface area contributed by atoms with Crippen LogP contribution in [-0.2, 0) is 24.9 Å². The first kappa shape index (κ1) is 40.9. The number of nitrogens with zero attached hydrogens (tertiary/aromatic N) is 3. The molecule has 0 spiro atoms. The van der Waals surface area contributed by atoms with Gasteiger partial charge in [0, 0.05) is 64.6 Å². The second kappa shape index (κ2) is 18.2. The number of hydrogen-bond acceptors (Lipinski definition) is 3. The Morgan fingerprint density at radius 2 is 0.984 bits per heavy atom. The maximum absolute atomic E-state index is 10.0. The van der Waals surface area contributed by atoms with Crippen LogP contribution < -0.4 is 0 Å². The molecule has 0 atom stereocenters. The molecule has 0 fully saturated rings. The molecule has 0 saturated carbocycles. The summed E-state index contributed by atoms with van der Waals surface area (Å²) in [5.41, 5.74) is 13.2. The maximum atomic E-state index is 10.0. The summed E-state index contributed by atoms with van der Waals surface area (Å²) in [6, 6.07) is 64.9. The van der Waals surface area contributed by atoms with Crippen molar-refractivity contribution in [1.29, 1.82) is 0 Å². The first-order chi connectivity index (χ1) is 29.4. The number of fused-ring (bicyclic) bond motifs is 7. The molecule has 0 bridgehead atoms. The minimum Gasteiger partial charge on any atom is -0.512 e. The van der Waals surface area contributed by atoms with Crippen molar-refractivity contribution in [2.24, 2.45) is 0 Å². The number of carbonyl (C=O) groups is 1. The van der Waals surface area contributed by atoms with Crippen LogP contribution >= 0.6 is 0 Å². The molecule has 1 radical (unpaired) electrons. The summed E-state index contributed by atoms with van der Waals surface area (Å²) in [5.74, 6) is -0.0625. The first-order valence-electron chi connectivity index (χ1n) is 20.4. The van der Waals surface area contributed by atoms with Gasteiger partial charge in [-0.05, 0) is 85.0 Å². The third-order valence-electron chi connectivity index (χ3n) is 11.0. The molecule has 0 unspecified atom stereocenters. The van der Waals surface area contributed by atoms with Crippen LogP contribution in [0.1, 0.15) is 38.8 Å². The van der Waals surface area contributed by atoms with E-state index in [1.165, 1.54) is 103 Å². The second-order valence-electron chi connectivity index (χ2n) is 15.1. The molecule has 5 nitrogen and oxygen atoms in total. The molecule has 7 aromatic carbocycles. The summed E-state index contributed by atoms with van der Waals surface area (Å²) < 4.78 is 4.72. The van der Waals surface area contributed by atoms with E-state index in [2.05, 4.69) is 190 Å². The smallest absolute Gasteiger partial charge is 0.155 e. The number of aliphatic hydroxyl groups excluding tert-OH is 1. The van der Waals surface area contributed by atoms with Gasteiger partial charge >= 0.3 is 0 Å². The average molecular weight is 971 g/mol. The number of ketones is 1. The van der Waals surface area contributed by atoms with Crippen molar-refractivity contribution in [3.8, 4) is 22.5 Å². The summed E-state index contributed by atoms with van der Waals surface area (Å²) in [5, 5.41) is 14.7. The Hall–Kier alpha value is -6.85. The van der Waals surface area contributed by atoms with Gasteiger partial charge in [-0.1, -0.05) is 140 Å². The Kier molecular flexibility index (Phi) is 12.2. The topological polar surface area (TPSA) is 60.0 Å². The van der Waals surface area contributed by atoms with E-state index in [-0.39, 0.29) is 31.6 Å². The summed E-state index contributed by atoms with van der Waals surface area (Å²) in [4.78, 5) is 14.7. The van der Waals surface area contributed by atoms with Gasteiger partial charge in [-0.25, -0.2) is 0 Å². The van der Waals surface area contributed by atoms with Crippen molar-refractivity contribution in [3.05, 3.63) is 206 Å². The van der Waals surface area contributed by atoms with Crippen molar-refractivity contribution < 1.29 is 30.0 Å². The van der Waals surface area contributed by atoms with Crippen LogP contribution in [0, 0.1) is 6.08 Å². The van der Waals surface area contributed by atoms with Crippen LogP contribution in [-0.4, -0.2) is 25.0 Å². The quantitative estimate of drug-likeness (QED) is 0.106. The van der Waals surface area contributed by atoms with Crippen molar-refractivity contribution in [1.82, 2.24) is 14.1 Å². The zero-order valence-electron chi connectivity index (χ0n) is 34.0. The van der Waals surface area contributed by atoms with Crippen molar-refractivity contribution >= 4 is 65.9 Å². The third-order valence-corrected chi connectivity index (χ3v) is 11.0. The average Bonchev–Trinajstić information content (AvgIpc) is 4.03. The van der Waals surface area contributed by atoms with Gasteiger partial charge in [0.1, 0.15) is 0 Å². The summed E-state index contributed by atoms with van der Waals surface area (Å²) in [6.45, 7) is 2.85. The van der Waals surface area contributed by atoms with E-state index in [4.69, 9.17) is 5.11 Å². The molecule has 3 aromatic heterocycles. The van der Waals surface area contributed by atoms with Crippen LogP contribution in [0.4, 0.5) is 0 Å². The van der Waals surface area contributed by atoms with Gasteiger partial charge < -0.3 is 19.2 Å². The predicted octanol–water partition coefficient (Wildman–Crippen LogP) is 14.2. The number of pyridine rings is 1. The SMILES string of the molecule is CC(=O)C=C(C)O.[C-]1=C(c2ccc3ccccc3n2)CCC1.[Ir].c1ccc2c(c1)c1ccccc1n2-c1ccc(-c2ccc(-n3c4ccccc4c4ccccc43)cc2)cc1. The number of rotatable bonds is 5. The molecule has 10 aromatic rings. The number of aromatic nitrogens is 3. The van der Waals surface area contributed by atoms with Crippen molar-refractivity contribution in [2.45, 2.75) is 33.1 Å². The summed E-state index contributed by atoms with van der Waals surface area (Å²) in [6.07, 6.45) is 8.00. The molecule has 0 aliphatic heterocycles. The zero-order valence-corrected chi connectivity index (χ0v) is 36.4. The van der Waals surface area contributed by atoms with E-state index in [0.29, 0.717) is 0 Å². The molecule has 0 amide bonds. The third kappa shape index (κ3) is 8.47. The molecule has 1 aliphatic rings. The predicted molar refractivity (Wildman–Crippen MR) is 250 cm³/mol. The normalized spacial score (nSPS) is 12.4. The largest absolute Gasteiger partial charge is 0.512 e. The van der Waals surface area contributed by atoms with Crippen LogP contribution in [0.15, 0.2) is 194 Å². The molecule has 3 heterocycles. The van der Waals surface area contributed by atoms with Crippen LogP contribution in [0.25, 0.3) is 82.6 Å². The number of carbonyl (C=O) groups excluding carboxylic acids is 1. The number of hydrogen-bond donors (Lipinski definition) is 1. The molecule has 1 N–H and O–H groups in total. The number of benzene rings is 7. The molecular formula is C55H44IrN3O2-. The maximum Gasteiger partial charge on any atom is 0.155 e. The molecule has 6 heteroatoms. The Morgan fingerprint density at radius 3 is 1.38 bits per heavy atom. The van der Waals surface area contributed by atoms with Gasteiger partial charge in [0.2, 0.25) is 0 Å². The minimum atomic E-state index is -0.125. The monoisotopic (exact) mass is 971 g/mol. The Morgan fingerprint density at radius 1 is 0.557 bits per heavy atom. The van der Waals surface area contributed by atoms with E-state index < -0.39 is 0 Å². The van der Waals surface area contributed by atoms with Gasteiger partial charge in [-0.15, -0.1) is 12.5 Å². The molecular weight excluding hydrogens is 927 g/mol. The van der Waals surface area contributed by atoms with Crippen molar-refractivity contribution in [2.75, 3.05) is 0 Å². The Bertz CT molecular complexity index is 2960. The fourth-order valence-corrected chi connectivity index (χ4v) is 8.35. The standard InChI is InChI=1S/C36H24N2.C14H12N.C5H8O2.Ir/c1-5-13-33-29(9-1)30-10-2-6-14-34(30)37(33)27-21-17-25(18-22-27)26-19-23-28(24-20-26)38-35-15-7-3-11-31(35)32-12-4-8-16-36(32)38;1-2-6-11(5-1)14-10-9-12-7-3-4-8-13(12)15-14;1-4(6)3-5(2)7;/h1-24H;3-4,7-10H,1-2,5H2;3,6H,1-2H3;/q;-1;;. The molecule has 61 heavy (non-hydrogen) atoms. The number of aliphatic hydroxyl groups is 1. The van der Waals surface area contributed by atoms with E-state index in [1.807, 2.05) is 12.1 Å². The van der Waals surface area contributed by atoms with E-state index >= 15 is 0 Å². The van der Waals surface area contributed by atoms with Gasteiger partial charge in [-0.2, -0.15) is 5.57 Å². The van der Waals surface area contributed by atoms with Crippen molar-refractivity contribution in [3.63, 3.8) is 0 Å². The summed E-state index contributed by atoms with van der Waals surface area (Å²) in [7, 11) is 0. The molecule has 11 rings (SSSR count).